The molecule has 2 N–H and O–H groups in total. The van der Waals surface area contributed by atoms with E-state index in [1.165, 1.54) is 11.3 Å². The topological polar surface area (TPSA) is 45.4 Å². The van der Waals surface area contributed by atoms with E-state index in [1.807, 2.05) is 11.6 Å². The first-order valence-electron chi connectivity index (χ1n) is 7.16. The Kier molecular flexibility index (Phi) is 4.77. The molecule has 0 radical (unpaired) electrons. The van der Waals surface area contributed by atoms with Crippen LogP contribution in [0.5, 0.6) is 0 Å². The maximum Gasteiger partial charge on any atom is 0.185 e. The number of hydrogen-bond acceptors (Lipinski definition) is 5. The summed E-state index contributed by atoms with van der Waals surface area (Å²) in [5, 5.41) is 3.17. The Bertz CT molecular complexity index is 579. The first kappa shape index (κ1) is 14.8. The summed E-state index contributed by atoms with van der Waals surface area (Å²) in [6.07, 6.45) is 2.79. The highest BCUT2D eigenvalue weighted by Crippen LogP contribution is 2.27. The molecule has 0 aliphatic carbocycles. The van der Waals surface area contributed by atoms with Crippen LogP contribution < -0.4 is 15.5 Å². The van der Waals surface area contributed by atoms with Crippen LogP contribution in [0.3, 0.4) is 0 Å². The van der Waals surface area contributed by atoms with E-state index in [-0.39, 0.29) is 0 Å². The van der Waals surface area contributed by atoms with Crippen molar-refractivity contribution in [1.82, 2.24) is 4.98 Å². The van der Waals surface area contributed by atoms with Crippen molar-refractivity contribution in [3.63, 3.8) is 0 Å². The van der Waals surface area contributed by atoms with Crippen LogP contribution in [0.2, 0.25) is 0 Å². The van der Waals surface area contributed by atoms with Crippen molar-refractivity contribution < 1.29 is 0 Å². The van der Waals surface area contributed by atoms with E-state index in [4.69, 9.17) is 5.73 Å². The van der Waals surface area contributed by atoms with Gasteiger partial charge in [-0.1, -0.05) is 15.9 Å². The number of hydrogen-bond donors (Lipinski definition) is 1. The Labute approximate surface area is 137 Å². The average molecular weight is 367 g/mol. The number of thiazole rings is 1. The Morgan fingerprint density at radius 3 is 2.62 bits per heavy atom. The number of nitrogens with two attached hydrogens (primary N) is 1. The van der Waals surface area contributed by atoms with Gasteiger partial charge in [0.25, 0.3) is 0 Å². The largest absolute Gasteiger partial charge is 0.368 e. The van der Waals surface area contributed by atoms with Crippen molar-refractivity contribution in [2.45, 2.75) is 6.42 Å². The smallest absolute Gasteiger partial charge is 0.185 e. The number of aromatic nitrogens is 1. The van der Waals surface area contributed by atoms with Crippen LogP contribution in [0.25, 0.3) is 0 Å². The zero-order chi connectivity index (χ0) is 14.7. The van der Waals surface area contributed by atoms with Crippen molar-refractivity contribution in [2.24, 2.45) is 5.73 Å². The molecule has 1 aromatic carbocycles. The van der Waals surface area contributed by atoms with Crippen LogP contribution >= 0.6 is 27.3 Å². The number of benzene rings is 1. The SMILES string of the molecule is NCCc1cc(Br)ccc1N1CCN(c2nccs2)CC1. The van der Waals surface area contributed by atoms with Gasteiger partial charge in [-0.05, 0) is 36.7 Å². The lowest BCUT2D eigenvalue weighted by Crippen LogP contribution is -2.46. The van der Waals surface area contributed by atoms with Crippen LogP contribution in [0, 0.1) is 0 Å². The molecular weight excluding hydrogens is 348 g/mol. The van der Waals surface area contributed by atoms with E-state index < -0.39 is 0 Å². The minimum atomic E-state index is 0.683. The van der Waals surface area contributed by atoms with E-state index in [0.29, 0.717) is 6.54 Å². The minimum Gasteiger partial charge on any atom is -0.368 e. The monoisotopic (exact) mass is 366 g/mol. The van der Waals surface area contributed by atoms with Crippen LogP contribution in [0.1, 0.15) is 5.56 Å². The fourth-order valence-corrected chi connectivity index (χ4v) is 3.83. The molecule has 1 aliphatic heterocycles. The fourth-order valence-electron chi connectivity index (χ4n) is 2.73. The molecule has 0 saturated carbocycles. The highest BCUT2D eigenvalue weighted by Gasteiger charge is 2.20. The van der Waals surface area contributed by atoms with Crippen molar-refractivity contribution in [3.05, 3.63) is 39.8 Å². The summed E-state index contributed by atoms with van der Waals surface area (Å²) < 4.78 is 1.12. The highest BCUT2D eigenvalue weighted by atomic mass is 79.9. The predicted octanol–water partition coefficient (Wildman–Crippen LogP) is 2.73. The third kappa shape index (κ3) is 3.39. The minimum absolute atomic E-state index is 0.683. The zero-order valence-electron chi connectivity index (χ0n) is 11.8. The molecule has 1 aliphatic rings. The second-order valence-electron chi connectivity index (χ2n) is 5.10. The quantitative estimate of drug-likeness (QED) is 0.903. The Balaban J connectivity index is 1.72. The molecular formula is C15H19BrN4S. The van der Waals surface area contributed by atoms with Gasteiger partial charge < -0.3 is 15.5 Å². The molecule has 0 amide bonds. The summed E-state index contributed by atoms with van der Waals surface area (Å²) >= 11 is 5.26. The lowest BCUT2D eigenvalue weighted by molar-refractivity contribution is 0.649. The highest BCUT2D eigenvalue weighted by molar-refractivity contribution is 9.10. The van der Waals surface area contributed by atoms with E-state index in [9.17, 15) is 0 Å². The third-order valence-corrected chi connectivity index (χ3v) is 5.09. The molecule has 4 nitrogen and oxygen atoms in total. The van der Waals surface area contributed by atoms with Gasteiger partial charge in [-0.15, -0.1) is 11.3 Å². The molecule has 0 spiro atoms. The maximum atomic E-state index is 5.75. The Hall–Kier alpha value is -1.11. The second kappa shape index (κ2) is 6.77. The molecule has 21 heavy (non-hydrogen) atoms. The summed E-state index contributed by atoms with van der Waals surface area (Å²) in [6.45, 7) is 4.78. The lowest BCUT2D eigenvalue weighted by atomic mass is 10.1. The van der Waals surface area contributed by atoms with Crippen molar-refractivity contribution in [3.8, 4) is 0 Å². The van der Waals surface area contributed by atoms with E-state index >= 15 is 0 Å². The second-order valence-corrected chi connectivity index (χ2v) is 6.89. The number of anilines is 2. The lowest BCUT2D eigenvalue weighted by Gasteiger charge is -2.37. The molecule has 6 heteroatoms. The van der Waals surface area contributed by atoms with Gasteiger partial charge in [0.05, 0.1) is 0 Å². The predicted molar refractivity (Wildman–Crippen MR) is 93.4 cm³/mol. The van der Waals surface area contributed by atoms with Crippen molar-refractivity contribution in [2.75, 3.05) is 42.5 Å². The molecule has 112 valence electrons. The first-order valence-corrected chi connectivity index (χ1v) is 8.83. The third-order valence-electron chi connectivity index (χ3n) is 3.77. The van der Waals surface area contributed by atoms with Gasteiger partial charge in [0.2, 0.25) is 0 Å². The summed E-state index contributed by atoms with van der Waals surface area (Å²) in [5.41, 5.74) is 8.40. The van der Waals surface area contributed by atoms with E-state index in [1.54, 1.807) is 11.3 Å². The number of piperazine rings is 1. The molecule has 0 unspecified atom stereocenters. The molecule has 3 rings (SSSR count). The Morgan fingerprint density at radius 1 is 1.19 bits per heavy atom. The summed E-state index contributed by atoms with van der Waals surface area (Å²) in [4.78, 5) is 9.22. The average Bonchev–Trinajstić information content (AvgIpc) is 3.02. The van der Waals surface area contributed by atoms with Crippen molar-refractivity contribution >= 4 is 38.1 Å². The molecule has 2 aromatic rings. The van der Waals surface area contributed by atoms with Gasteiger partial charge in [-0.3, -0.25) is 0 Å². The van der Waals surface area contributed by atoms with Gasteiger partial charge in [-0.25, -0.2) is 4.98 Å². The molecule has 0 atom stereocenters. The number of halogens is 1. The fraction of sp³-hybridized carbons (Fsp3) is 0.400. The standard InChI is InChI=1S/C15H19BrN4S/c16-13-1-2-14(12(11-13)3-4-17)19-6-8-20(9-7-19)15-18-5-10-21-15/h1-2,5,10-11H,3-4,6-9,17H2. The first-order chi connectivity index (χ1) is 10.3. The normalized spacial score (nSPS) is 15.5. The van der Waals surface area contributed by atoms with Crippen LogP contribution in [0.15, 0.2) is 34.2 Å². The summed E-state index contributed by atoms with van der Waals surface area (Å²) in [7, 11) is 0. The van der Waals surface area contributed by atoms with Gasteiger partial charge in [0, 0.05) is 47.9 Å². The van der Waals surface area contributed by atoms with E-state index in [2.05, 4.69) is 48.9 Å². The van der Waals surface area contributed by atoms with Gasteiger partial charge in [-0.2, -0.15) is 0 Å². The molecule has 1 fully saturated rings. The van der Waals surface area contributed by atoms with Crippen LogP contribution in [-0.4, -0.2) is 37.7 Å². The number of nitrogens with zero attached hydrogens (tertiary/aromatic N) is 3. The van der Waals surface area contributed by atoms with Gasteiger partial charge >= 0.3 is 0 Å². The van der Waals surface area contributed by atoms with Gasteiger partial charge in [0.1, 0.15) is 0 Å². The molecule has 1 aromatic heterocycles. The maximum absolute atomic E-state index is 5.75. The van der Waals surface area contributed by atoms with Crippen LogP contribution in [-0.2, 0) is 6.42 Å². The van der Waals surface area contributed by atoms with Crippen LogP contribution in [0.4, 0.5) is 10.8 Å². The molecule has 0 bridgehead atoms. The summed E-state index contributed by atoms with van der Waals surface area (Å²) in [6, 6.07) is 6.51. The number of rotatable bonds is 4. The molecule has 2 heterocycles. The van der Waals surface area contributed by atoms with E-state index in [0.717, 1.165) is 42.2 Å². The summed E-state index contributed by atoms with van der Waals surface area (Å²) in [5.74, 6) is 0. The van der Waals surface area contributed by atoms with Crippen molar-refractivity contribution in [1.29, 1.82) is 0 Å². The Morgan fingerprint density at radius 2 is 1.95 bits per heavy atom. The van der Waals surface area contributed by atoms with Gasteiger partial charge in [0.15, 0.2) is 5.13 Å². The molecule has 1 saturated heterocycles. The zero-order valence-corrected chi connectivity index (χ0v) is 14.2.